The highest BCUT2D eigenvalue weighted by Crippen LogP contribution is 2.28. The van der Waals surface area contributed by atoms with E-state index in [1.165, 1.54) is 0 Å². The molecule has 0 radical (unpaired) electrons. The third kappa shape index (κ3) is 5.55. The minimum atomic E-state index is 0.0220. The lowest BCUT2D eigenvalue weighted by atomic mass is 10.2. The van der Waals surface area contributed by atoms with Crippen molar-refractivity contribution in [1.82, 2.24) is 9.88 Å². The van der Waals surface area contributed by atoms with E-state index in [2.05, 4.69) is 4.98 Å². The molecule has 0 spiro atoms. The molecule has 0 N–H and O–H groups in total. The van der Waals surface area contributed by atoms with Gasteiger partial charge >= 0.3 is 0 Å². The van der Waals surface area contributed by atoms with E-state index in [1.807, 2.05) is 83.8 Å². The van der Waals surface area contributed by atoms with Gasteiger partial charge in [0.1, 0.15) is 12.4 Å². The maximum absolute atomic E-state index is 12.8. The zero-order chi connectivity index (χ0) is 19.9. The second kappa shape index (κ2) is 9.20. The summed E-state index contributed by atoms with van der Waals surface area (Å²) in [5.41, 5.74) is 2.98. The number of aromatic nitrogens is 1. The van der Waals surface area contributed by atoms with Crippen molar-refractivity contribution >= 4 is 12.0 Å². The predicted molar refractivity (Wildman–Crippen MR) is 114 cm³/mol. The van der Waals surface area contributed by atoms with Crippen LogP contribution in [0, 0.1) is 0 Å². The van der Waals surface area contributed by atoms with Crippen molar-refractivity contribution in [3.63, 3.8) is 0 Å². The van der Waals surface area contributed by atoms with Gasteiger partial charge in [-0.25, -0.2) is 0 Å². The average Bonchev–Trinajstić information content (AvgIpc) is 3.61. The van der Waals surface area contributed by atoms with Gasteiger partial charge in [0.2, 0.25) is 5.91 Å². The molecular weight excluding hydrogens is 360 g/mol. The summed E-state index contributed by atoms with van der Waals surface area (Å²) >= 11 is 0. The van der Waals surface area contributed by atoms with E-state index in [0.29, 0.717) is 19.2 Å². The van der Waals surface area contributed by atoms with E-state index >= 15 is 0 Å². The summed E-state index contributed by atoms with van der Waals surface area (Å²) in [5, 5.41) is 0. The summed E-state index contributed by atoms with van der Waals surface area (Å²) in [6.45, 7) is 1.07. The van der Waals surface area contributed by atoms with Gasteiger partial charge in [-0.3, -0.25) is 9.78 Å². The Labute approximate surface area is 171 Å². The molecule has 0 atom stereocenters. The molecule has 0 aliphatic heterocycles. The maximum Gasteiger partial charge on any atom is 0.247 e. The van der Waals surface area contributed by atoms with Gasteiger partial charge in [-0.05, 0) is 54.3 Å². The van der Waals surface area contributed by atoms with Crippen LogP contribution in [0.4, 0.5) is 0 Å². The standard InChI is InChI=1S/C25H24N2O2/c28-25(27(23-13-14-23)18-22-10-4-5-16-26-22)15-12-20-9-6-11-24(17-20)29-19-21-7-2-1-3-8-21/h1-12,15-17,23H,13-14,18-19H2. The molecule has 4 heteroatoms. The van der Waals surface area contributed by atoms with Crippen molar-refractivity contribution in [3.05, 3.63) is 102 Å². The molecule has 0 unspecified atom stereocenters. The molecule has 29 heavy (non-hydrogen) atoms. The van der Waals surface area contributed by atoms with Gasteiger partial charge in [-0.15, -0.1) is 0 Å². The Morgan fingerprint density at radius 1 is 1.03 bits per heavy atom. The van der Waals surface area contributed by atoms with Gasteiger partial charge in [-0.1, -0.05) is 48.5 Å². The largest absolute Gasteiger partial charge is 0.489 e. The Morgan fingerprint density at radius 2 is 1.86 bits per heavy atom. The number of amides is 1. The van der Waals surface area contributed by atoms with Crippen LogP contribution >= 0.6 is 0 Å². The Hall–Kier alpha value is -3.40. The molecule has 2 aromatic carbocycles. The van der Waals surface area contributed by atoms with Crippen LogP contribution in [0.1, 0.15) is 29.7 Å². The molecule has 0 bridgehead atoms. The number of carbonyl (C=O) groups is 1. The van der Waals surface area contributed by atoms with E-state index in [1.54, 1.807) is 12.3 Å². The molecule has 1 saturated carbocycles. The first kappa shape index (κ1) is 18.9. The van der Waals surface area contributed by atoms with Gasteiger partial charge in [0.25, 0.3) is 0 Å². The van der Waals surface area contributed by atoms with E-state index in [0.717, 1.165) is 35.4 Å². The lowest BCUT2D eigenvalue weighted by Gasteiger charge is -2.20. The van der Waals surface area contributed by atoms with Crippen LogP contribution < -0.4 is 4.74 Å². The Kier molecular flexibility index (Phi) is 6.01. The lowest BCUT2D eigenvalue weighted by Crippen LogP contribution is -2.31. The number of carbonyl (C=O) groups excluding carboxylic acids is 1. The van der Waals surface area contributed by atoms with Crippen molar-refractivity contribution in [2.24, 2.45) is 0 Å². The second-order valence-electron chi connectivity index (χ2n) is 7.20. The first-order chi connectivity index (χ1) is 14.3. The molecule has 1 aliphatic rings. The summed E-state index contributed by atoms with van der Waals surface area (Å²) < 4.78 is 5.88. The summed E-state index contributed by atoms with van der Waals surface area (Å²) in [6.07, 6.45) is 7.40. The van der Waals surface area contributed by atoms with Crippen LogP contribution in [0.3, 0.4) is 0 Å². The van der Waals surface area contributed by atoms with Crippen molar-refractivity contribution in [1.29, 1.82) is 0 Å². The second-order valence-corrected chi connectivity index (χ2v) is 7.20. The predicted octanol–water partition coefficient (Wildman–Crippen LogP) is 4.87. The Bertz CT molecular complexity index is 966. The van der Waals surface area contributed by atoms with Crippen LogP contribution in [0.25, 0.3) is 6.08 Å². The third-order valence-corrected chi connectivity index (χ3v) is 4.85. The van der Waals surface area contributed by atoms with Gasteiger partial charge < -0.3 is 9.64 Å². The smallest absolute Gasteiger partial charge is 0.247 e. The normalized spacial score (nSPS) is 13.4. The minimum absolute atomic E-state index is 0.0220. The molecule has 4 rings (SSSR count). The number of ether oxygens (including phenoxy) is 1. The van der Waals surface area contributed by atoms with Crippen LogP contribution in [0.2, 0.25) is 0 Å². The summed E-state index contributed by atoms with van der Waals surface area (Å²) in [4.78, 5) is 19.0. The SMILES string of the molecule is O=C(C=Cc1cccc(OCc2ccccc2)c1)N(Cc1ccccn1)C1CC1. The fourth-order valence-electron chi connectivity index (χ4n) is 3.15. The molecule has 1 heterocycles. The van der Waals surface area contributed by atoms with E-state index < -0.39 is 0 Å². The number of pyridine rings is 1. The van der Waals surface area contributed by atoms with Crippen molar-refractivity contribution in [3.8, 4) is 5.75 Å². The first-order valence-electron chi connectivity index (χ1n) is 9.93. The average molecular weight is 384 g/mol. The summed E-state index contributed by atoms with van der Waals surface area (Å²) in [6, 6.07) is 24.0. The van der Waals surface area contributed by atoms with E-state index in [-0.39, 0.29) is 5.91 Å². The molecule has 146 valence electrons. The zero-order valence-electron chi connectivity index (χ0n) is 16.3. The quantitative estimate of drug-likeness (QED) is 0.521. The van der Waals surface area contributed by atoms with Gasteiger partial charge in [0, 0.05) is 18.3 Å². The zero-order valence-corrected chi connectivity index (χ0v) is 16.3. The number of benzene rings is 2. The Morgan fingerprint density at radius 3 is 2.62 bits per heavy atom. The first-order valence-corrected chi connectivity index (χ1v) is 9.93. The highest BCUT2D eigenvalue weighted by Gasteiger charge is 2.31. The monoisotopic (exact) mass is 384 g/mol. The summed E-state index contributed by atoms with van der Waals surface area (Å²) in [5.74, 6) is 0.810. The van der Waals surface area contributed by atoms with Crippen molar-refractivity contribution in [2.45, 2.75) is 32.0 Å². The maximum atomic E-state index is 12.8. The van der Waals surface area contributed by atoms with E-state index in [9.17, 15) is 4.79 Å². The molecule has 4 nitrogen and oxygen atoms in total. The van der Waals surface area contributed by atoms with Crippen molar-refractivity contribution in [2.75, 3.05) is 0 Å². The summed E-state index contributed by atoms with van der Waals surface area (Å²) in [7, 11) is 0. The fourth-order valence-corrected chi connectivity index (χ4v) is 3.15. The van der Waals surface area contributed by atoms with Gasteiger partial charge in [0.05, 0.1) is 12.2 Å². The third-order valence-electron chi connectivity index (χ3n) is 4.85. The number of hydrogen-bond donors (Lipinski definition) is 0. The highest BCUT2D eigenvalue weighted by atomic mass is 16.5. The van der Waals surface area contributed by atoms with Crippen LogP contribution in [-0.2, 0) is 17.9 Å². The molecule has 1 aromatic heterocycles. The number of hydrogen-bond acceptors (Lipinski definition) is 3. The van der Waals surface area contributed by atoms with Crippen LogP contribution in [0.15, 0.2) is 85.1 Å². The molecule has 1 aliphatic carbocycles. The minimum Gasteiger partial charge on any atom is -0.489 e. The van der Waals surface area contributed by atoms with Gasteiger partial charge in [0.15, 0.2) is 0 Å². The molecular formula is C25H24N2O2. The molecule has 1 amide bonds. The van der Waals surface area contributed by atoms with Crippen molar-refractivity contribution < 1.29 is 9.53 Å². The highest BCUT2D eigenvalue weighted by molar-refractivity contribution is 5.92. The molecule has 1 fully saturated rings. The fraction of sp³-hybridized carbons (Fsp3) is 0.200. The van der Waals surface area contributed by atoms with E-state index in [4.69, 9.17) is 4.74 Å². The number of nitrogens with zero attached hydrogens (tertiary/aromatic N) is 2. The topological polar surface area (TPSA) is 42.4 Å². The van der Waals surface area contributed by atoms with Crippen LogP contribution in [0.5, 0.6) is 5.75 Å². The molecule has 0 saturated heterocycles. The van der Waals surface area contributed by atoms with Crippen LogP contribution in [-0.4, -0.2) is 21.8 Å². The Balaban J connectivity index is 1.39. The lowest BCUT2D eigenvalue weighted by molar-refractivity contribution is -0.127. The van der Waals surface area contributed by atoms with Gasteiger partial charge in [-0.2, -0.15) is 0 Å². The molecule has 3 aromatic rings. The number of rotatable bonds is 8.